The van der Waals surface area contributed by atoms with Crippen molar-refractivity contribution in [1.82, 2.24) is 25.2 Å². The van der Waals surface area contributed by atoms with E-state index in [2.05, 4.69) is 29.5 Å². The van der Waals surface area contributed by atoms with E-state index in [-0.39, 0.29) is 35.8 Å². The molecular weight excluding hydrogens is 382 g/mol. The molecule has 8 nitrogen and oxygen atoms in total. The van der Waals surface area contributed by atoms with Crippen molar-refractivity contribution >= 4 is 11.8 Å². The number of benzene rings is 1. The van der Waals surface area contributed by atoms with Gasteiger partial charge < -0.3 is 14.6 Å². The van der Waals surface area contributed by atoms with Crippen molar-refractivity contribution in [3.63, 3.8) is 0 Å². The van der Waals surface area contributed by atoms with Gasteiger partial charge in [0.25, 0.3) is 11.8 Å². The van der Waals surface area contributed by atoms with Crippen LogP contribution in [0.25, 0.3) is 0 Å². The molecule has 0 unspecified atom stereocenters. The summed E-state index contributed by atoms with van der Waals surface area (Å²) in [5, 5.41) is 11.2. The highest BCUT2D eigenvalue weighted by atomic mass is 16.3. The number of carbonyl (C=O) groups is 2. The Kier molecular flexibility index (Phi) is 5.65. The summed E-state index contributed by atoms with van der Waals surface area (Å²) in [5.74, 6) is 0.435. The van der Waals surface area contributed by atoms with Crippen LogP contribution in [-0.4, -0.2) is 37.7 Å². The third-order valence-electron chi connectivity index (χ3n) is 5.07. The molecule has 4 rings (SSSR count). The highest BCUT2D eigenvalue weighted by Crippen LogP contribution is 2.19. The molecule has 156 valence electrons. The molecule has 0 saturated heterocycles. The molecular formula is C22H25N5O3. The molecule has 0 aliphatic carbocycles. The van der Waals surface area contributed by atoms with Gasteiger partial charge in [0.15, 0.2) is 11.4 Å². The zero-order valence-electron chi connectivity index (χ0n) is 17.1. The zero-order chi connectivity index (χ0) is 21.1. The molecule has 1 aromatic carbocycles. The van der Waals surface area contributed by atoms with Crippen LogP contribution in [0.3, 0.4) is 0 Å². The molecule has 0 spiro atoms. The number of nitrogens with zero attached hydrogens (tertiary/aromatic N) is 4. The van der Waals surface area contributed by atoms with E-state index in [9.17, 15) is 9.59 Å². The summed E-state index contributed by atoms with van der Waals surface area (Å²) < 4.78 is 6.99. The van der Waals surface area contributed by atoms with Gasteiger partial charge in [0.2, 0.25) is 0 Å². The molecule has 0 saturated carbocycles. The second kappa shape index (κ2) is 8.52. The Balaban J connectivity index is 1.61. The Morgan fingerprint density at radius 2 is 2.03 bits per heavy atom. The summed E-state index contributed by atoms with van der Waals surface area (Å²) in [7, 11) is 0. The van der Waals surface area contributed by atoms with Gasteiger partial charge in [0.1, 0.15) is 5.76 Å². The van der Waals surface area contributed by atoms with Crippen molar-refractivity contribution in [2.24, 2.45) is 5.92 Å². The lowest BCUT2D eigenvalue weighted by Crippen LogP contribution is -2.46. The molecule has 3 heterocycles. The lowest BCUT2D eigenvalue weighted by atomic mass is 10.0. The second-order valence-electron chi connectivity index (χ2n) is 7.99. The van der Waals surface area contributed by atoms with E-state index in [0.29, 0.717) is 24.8 Å². The lowest BCUT2D eigenvalue weighted by Gasteiger charge is -2.26. The maximum Gasteiger partial charge on any atom is 0.277 e. The monoisotopic (exact) mass is 407 g/mol. The number of amides is 2. The maximum absolute atomic E-state index is 13.4. The van der Waals surface area contributed by atoms with E-state index in [1.165, 1.54) is 0 Å². The SMILES string of the molecule is CC(C)C[C@H]1Cn2nnc(C(=O)N(Cc3ccccc3)Cc3ccco3)c2C(=O)N1. The second-order valence-corrected chi connectivity index (χ2v) is 7.99. The minimum atomic E-state index is -0.353. The average Bonchev–Trinajstić information content (AvgIpc) is 3.37. The molecule has 3 aromatic rings. The molecule has 1 N–H and O–H groups in total. The van der Waals surface area contributed by atoms with Crippen molar-refractivity contribution in [3.8, 4) is 0 Å². The van der Waals surface area contributed by atoms with Gasteiger partial charge in [0, 0.05) is 12.6 Å². The predicted molar refractivity (Wildman–Crippen MR) is 109 cm³/mol. The third-order valence-corrected chi connectivity index (χ3v) is 5.07. The topological polar surface area (TPSA) is 93.3 Å². The summed E-state index contributed by atoms with van der Waals surface area (Å²) >= 11 is 0. The normalized spacial score (nSPS) is 15.7. The molecule has 2 aromatic heterocycles. The first-order chi connectivity index (χ1) is 14.5. The minimum Gasteiger partial charge on any atom is -0.467 e. The maximum atomic E-state index is 13.4. The Bertz CT molecular complexity index is 1010. The van der Waals surface area contributed by atoms with Gasteiger partial charge in [0.05, 0.1) is 19.4 Å². The number of furan rings is 1. The first kappa shape index (κ1) is 19.9. The third kappa shape index (κ3) is 4.27. The molecule has 30 heavy (non-hydrogen) atoms. The molecule has 0 bridgehead atoms. The van der Waals surface area contributed by atoms with Crippen LogP contribution in [-0.2, 0) is 19.6 Å². The van der Waals surface area contributed by atoms with Gasteiger partial charge in [-0.1, -0.05) is 49.4 Å². The first-order valence-corrected chi connectivity index (χ1v) is 10.1. The summed E-state index contributed by atoms with van der Waals surface area (Å²) in [6.45, 7) is 5.35. The van der Waals surface area contributed by atoms with E-state index in [4.69, 9.17) is 4.42 Å². The van der Waals surface area contributed by atoms with Crippen LogP contribution in [0.15, 0.2) is 53.1 Å². The smallest absolute Gasteiger partial charge is 0.277 e. The summed E-state index contributed by atoms with van der Waals surface area (Å²) in [6, 6.07) is 13.3. The number of hydrogen-bond acceptors (Lipinski definition) is 5. The summed E-state index contributed by atoms with van der Waals surface area (Å²) in [4.78, 5) is 27.8. The van der Waals surface area contributed by atoms with Gasteiger partial charge in [-0.25, -0.2) is 4.68 Å². The van der Waals surface area contributed by atoms with Crippen molar-refractivity contribution < 1.29 is 14.0 Å². The summed E-state index contributed by atoms with van der Waals surface area (Å²) in [5.41, 5.74) is 1.26. The molecule has 0 fully saturated rings. The number of nitrogens with one attached hydrogen (secondary N) is 1. The van der Waals surface area contributed by atoms with Crippen LogP contribution >= 0.6 is 0 Å². The van der Waals surface area contributed by atoms with Crippen molar-refractivity contribution in [2.75, 3.05) is 0 Å². The number of hydrogen-bond donors (Lipinski definition) is 1. The van der Waals surface area contributed by atoms with Crippen LogP contribution in [0.5, 0.6) is 0 Å². The highest BCUT2D eigenvalue weighted by Gasteiger charge is 2.34. The van der Waals surface area contributed by atoms with Crippen LogP contribution in [0.2, 0.25) is 0 Å². The number of aromatic nitrogens is 3. The number of carbonyl (C=O) groups excluding carboxylic acids is 2. The van der Waals surface area contributed by atoms with Crippen LogP contribution in [0, 0.1) is 5.92 Å². The van der Waals surface area contributed by atoms with Gasteiger partial charge in [-0.2, -0.15) is 0 Å². The van der Waals surface area contributed by atoms with Crippen LogP contribution in [0.1, 0.15) is 52.6 Å². The Morgan fingerprint density at radius 3 is 2.73 bits per heavy atom. The van der Waals surface area contributed by atoms with Gasteiger partial charge in [-0.05, 0) is 30.0 Å². The van der Waals surface area contributed by atoms with E-state index >= 15 is 0 Å². The first-order valence-electron chi connectivity index (χ1n) is 10.1. The van der Waals surface area contributed by atoms with Crippen molar-refractivity contribution in [3.05, 3.63) is 71.4 Å². The fourth-order valence-electron chi connectivity index (χ4n) is 3.76. The van der Waals surface area contributed by atoms with Crippen molar-refractivity contribution in [1.29, 1.82) is 0 Å². The highest BCUT2D eigenvalue weighted by molar-refractivity contribution is 6.05. The molecule has 1 aliphatic heterocycles. The minimum absolute atomic E-state index is 0.0156. The quantitative estimate of drug-likeness (QED) is 0.650. The average molecular weight is 407 g/mol. The largest absolute Gasteiger partial charge is 0.467 e. The number of rotatable bonds is 7. The van der Waals surface area contributed by atoms with E-state index in [1.807, 2.05) is 36.4 Å². The molecule has 0 radical (unpaired) electrons. The molecule has 2 amide bonds. The van der Waals surface area contributed by atoms with Crippen molar-refractivity contribution in [2.45, 2.75) is 45.9 Å². The lowest BCUT2D eigenvalue weighted by molar-refractivity contribution is 0.0703. The van der Waals surface area contributed by atoms with Gasteiger partial charge >= 0.3 is 0 Å². The Hall–Kier alpha value is -3.42. The Labute approximate surface area is 174 Å². The molecule has 8 heteroatoms. The van der Waals surface area contributed by atoms with E-state index in [1.54, 1.807) is 21.9 Å². The predicted octanol–water partition coefficient (Wildman–Crippen LogP) is 2.87. The van der Waals surface area contributed by atoms with Crippen LogP contribution < -0.4 is 5.32 Å². The Morgan fingerprint density at radius 1 is 1.23 bits per heavy atom. The van der Waals surface area contributed by atoms with Crippen LogP contribution in [0.4, 0.5) is 0 Å². The molecule has 1 atom stereocenters. The number of fused-ring (bicyclic) bond motifs is 1. The standard InChI is InChI=1S/C22H25N5O3/c1-15(2)11-17-13-27-20(21(28)23-17)19(24-25-27)22(29)26(14-18-9-6-10-30-18)12-16-7-4-3-5-8-16/h3-10,15,17H,11-14H2,1-2H3,(H,23,28)/t17-/m0/s1. The zero-order valence-corrected chi connectivity index (χ0v) is 17.1. The van der Waals surface area contributed by atoms with Gasteiger partial charge in [-0.15, -0.1) is 5.10 Å². The van der Waals surface area contributed by atoms with E-state index < -0.39 is 0 Å². The summed E-state index contributed by atoms with van der Waals surface area (Å²) in [6.07, 6.45) is 2.41. The molecule has 1 aliphatic rings. The fraction of sp³-hybridized carbons (Fsp3) is 0.364. The fourth-order valence-corrected chi connectivity index (χ4v) is 3.76. The van der Waals surface area contributed by atoms with E-state index in [0.717, 1.165) is 12.0 Å². The van der Waals surface area contributed by atoms with Gasteiger partial charge in [-0.3, -0.25) is 9.59 Å².